The van der Waals surface area contributed by atoms with E-state index in [1.54, 1.807) is 29.2 Å². The maximum atomic E-state index is 13.1. The van der Waals surface area contributed by atoms with Crippen LogP contribution in [-0.2, 0) is 9.59 Å². The summed E-state index contributed by atoms with van der Waals surface area (Å²) in [7, 11) is 0. The summed E-state index contributed by atoms with van der Waals surface area (Å²) in [5.74, 6) is 0.332. The lowest BCUT2D eigenvalue weighted by Gasteiger charge is -2.15. The van der Waals surface area contributed by atoms with E-state index in [2.05, 4.69) is 17.2 Å². The third-order valence-corrected chi connectivity index (χ3v) is 5.18. The minimum Gasteiger partial charge on any atom is -0.326 e. The number of anilines is 2. The first-order valence-corrected chi connectivity index (χ1v) is 9.80. The van der Waals surface area contributed by atoms with Gasteiger partial charge >= 0.3 is 0 Å². The maximum absolute atomic E-state index is 13.1. The molecule has 7 heteroatoms. The van der Waals surface area contributed by atoms with Crippen LogP contribution in [0.5, 0.6) is 0 Å². The van der Waals surface area contributed by atoms with Crippen LogP contribution in [0.25, 0.3) is 11.0 Å². The molecule has 6 nitrogen and oxygen atoms in total. The van der Waals surface area contributed by atoms with Gasteiger partial charge in [-0.05, 0) is 42.8 Å². The molecule has 1 N–H and O–H groups in total. The van der Waals surface area contributed by atoms with Gasteiger partial charge in [0.15, 0.2) is 0 Å². The van der Waals surface area contributed by atoms with E-state index in [4.69, 9.17) is 11.6 Å². The number of nitrogens with zero attached hydrogens (tertiary/aromatic N) is 3. The van der Waals surface area contributed by atoms with Gasteiger partial charge in [0.1, 0.15) is 6.04 Å². The molecule has 0 saturated heterocycles. The highest BCUT2D eigenvalue weighted by molar-refractivity contribution is 6.30. The third-order valence-electron chi connectivity index (χ3n) is 4.92. The van der Waals surface area contributed by atoms with Crippen LogP contribution in [0, 0.1) is 0 Å². The van der Waals surface area contributed by atoms with Gasteiger partial charge in [-0.1, -0.05) is 37.1 Å². The summed E-state index contributed by atoms with van der Waals surface area (Å²) in [5, 5.41) is 3.45. The van der Waals surface area contributed by atoms with Crippen LogP contribution in [0.3, 0.4) is 0 Å². The van der Waals surface area contributed by atoms with Crippen molar-refractivity contribution < 1.29 is 9.59 Å². The van der Waals surface area contributed by atoms with Gasteiger partial charge < -0.3 is 5.32 Å². The molecule has 0 radical (unpaired) electrons. The molecule has 28 heavy (non-hydrogen) atoms. The molecule has 2 aromatic carbocycles. The van der Waals surface area contributed by atoms with Crippen molar-refractivity contribution in [2.45, 2.75) is 32.2 Å². The number of hydrogen-bond acceptors (Lipinski definition) is 3. The minimum atomic E-state index is -0.591. The van der Waals surface area contributed by atoms with E-state index >= 15 is 0 Å². The zero-order valence-electron chi connectivity index (χ0n) is 15.6. The quantitative estimate of drug-likeness (QED) is 0.671. The number of nitrogens with one attached hydrogen (secondary N) is 1. The largest absolute Gasteiger partial charge is 0.326 e. The van der Waals surface area contributed by atoms with Crippen molar-refractivity contribution in [3.63, 3.8) is 0 Å². The molecule has 0 fully saturated rings. The standard InChI is InChI=1S/C21H21ClN4O2/c1-2-3-12-25-20(28)18(13-19(27)23-15-10-8-14(22)9-11-15)26-17-7-5-4-6-16(17)24-21(25)26/h4-11,18H,2-3,12-13H2,1H3,(H,23,27)/t18-/m1/s1. The molecule has 1 aliphatic heterocycles. The van der Waals surface area contributed by atoms with Crippen molar-refractivity contribution in [1.82, 2.24) is 9.55 Å². The van der Waals surface area contributed by atoms with Crippen LogP contribution in [0.1, 0.15) is 32.2 Å². The average molecular weight is 397 g/mol. The van der Waals surface area contributed by atoms with E-state index in [0.29, 0.717) is 23.2 Å². The molecule has 144 valence electrons. The normalized spacial score (nSPS) is 15.9. The molecule has 1 aromatic heterocycles. The second-order valence-corrected chi connectivity index (χ2v) is 7.33. The molecule has 3 aromatic rings. The molecule has 0 aliphatic carbocycles. The first-order chi connectivity index (χ1) is 13.6. The van der Waals surface area contributed by atoms with Gasteiger partial charge in [0.25, 0.3) is 5.91 Å². The van der Waals surface area contributed by atoms with E-state index in [1.165, 1.54) is 0 Å². The smallest absolute Gasteiger partial charge is 0.253 e. The fourth-order valence-corrected chi connectivity index (χ4v) is 3.67. The van der Waals surface area contributed by atoms with E-state index < -0.39 is 6.04 Å². The molecule has 1 aliphatic rings. The Balaban J connectivity index is 1.62. The summed E-state index contributed by atoms with van der Waals surface area (Å²) in [6.45, 7) is 2.69. The number of amides is 2. The lowest BCUT2D eigenvalue weighted by molar-refractivity contribution is -0.124. The number of aromatic nitrogens is 2. The molecule has 0 bridgehead atoms. The van der Waals surface area contributed by atoms with Crippen molar-refractivity contribution in [3.05, 3.63) is 53.6 Å². The lowest BCUT2D eigenvalue weighted by Crippen LogP contribution is -2.32. The van der Waals surface area contributed by atoms with Crippen LogP contribution in [0.4, 0.5) is 11.6 Å². The average Bonchev–Trinajstić information content (AvgIpc) is 3.17. The van der Waals surface area contributed by atoms with E-state index in [9.17, 15) is 9.59 Å². The summed E-state index contributed by atoms with van der Waals surface area (Å²) in [6.07, 6.45) is 1.92. The van der Waals surface area contributed by atoms with E-state index in [1.807, 2.05) is 28.8 Å². The number of halogens is 1. The van der Waals surface area contributed by atoms with E-state index in [-0.39, 0.29) is 18.2 Å². The number of hydrogen-bond donors (Lipinski definition) is 1. The Morgan fingerprint density at radius 2 is 1.93 bits per heavy atom. The van der Waals surface area contributed by atoms with Crippen LogP contribution in [0.15, 0.2) is 48.5 Å². The second kappa shape index (κ2) is 7.64. The number of carbonyl (C=O) groups excluding carboxylic acids is 2. The van der Waals surface area contributed by atoms with Crippen LogP contribution < -0.4 is 10.2 Å². The van der Waals surface area contributed by atoms with Gasteiger partial charge in [0.05, 0.1) is 17.5 Å². The number of para-hydroxylation sites is 2. The molecule has 1 atom stereocenters. The molecule has 0 spiro atoms. The summed E-state index contributed by atoms with van der Waals surface area (Å²) in [6, 6.07) is 14.0. The first-order valence-electron chi connectivity index (χ1n) is 9.42. The SMILES string of the molecule is CCCCN1C(=O)[C@@H](CC(=O)Nc2ccc(Cl)cc2)n2c1nc1ccccc12. The van der Waals surface area contributed by atoms with Crippen molar-refractivity contribution in [1.29, 1.82) is 0 Å². The van der Waals surface area contributed by atoms with Crippen molar-refractivity contribution >= 4 is 46.1 Å². The molecule has 2 amide bonds. The van der Waals surface area contributed by atoms with Crippen molar-refractivity contribution in [3.8, 4) is 0 Å². The molecular weight excluding hydrogens is 376 g/mol. The first kappa shape index (κ1) is 18.5. The van der Waals surface area contributed by atoms with Crippen LogP contribution >= 0.6 is 11.6 Å². The predicted octanol–water partition coefficient (Wildman–Crippen LogP) is 4.41. The van der Waals surface area contributed by atoms with Crippen molar-refractivity contribution in [2.75, 3.05) is 16.8 Å². The number of fused-ring (bicyclic) bond motifs is 3. The highest BCUT2D eigenvalue weighted by Gasteiger charge is 2.40. The van der Waals surface area contributed by atoms with Crippen molar-refractivity contribution in [2.24, 2.45) is 0 Å². The summed E-state index contributed by atoms with van der Waals surface area (Å²) in [4.78, 5) is 32.1. The number of rotatable bonds is 6. The molecule has 2 heterocycles. The van der Waals surface area contributed by atoms with Crippen LogP contribution in [-0.4, -0.2) is 27.9 Å². The van der Waals surface area contributed by atoms with Gasteiger partial charge in [-0.25, -0.2) is 4.98 Å². The summed E-state index contributed by atoms with van der Waals surface area (Å²) < 4.78 is 1.90. The maximum Gasteiger partial charge on any atom is 0.253 e. The number of carbonyl (C=O) groups is 2. The predicted molar refractivity (Wildman–Crippen MR) is 111 cm³/mol. The van der Waals surface area contributed by atoms with Gasteiger partial charge in [-0.3, -0.25) is 19.1 Å². The van der Waals surface area contributed by atoms with Gasteiger partial charge in [0.2, 0.25) is 11.9 Å². The summed E-state index contributed by atoms with van der Waals surface area (Å²) in [5.41, 5.74) is 2.35. The number of imidazole rings is 1. The lowest BCUT2D eigenvalue weighted by atomic mass is 10.1. The molecular formula is C21H21ClN4O2. The Morgan fingerprint density at radius 1 is 1.18 bits per heavy atom. The fourth-order valence-electron chi connectivity index (χ4n) is 3.54. The Hall–Kier alpha value is -2.86. The Bertz CT molecular complexity index is 1030. The van der Waals surface area contributed by atoms with Gasteiger partial charge in [0, 0.05) is 17.3 Å². The monoisotopic (exact) mass is 396 g/mol. The molecule has 0 saturated carbocycles. The Kier molecular flexibility index (Phi) is 5.05. The van der Waals surface area contributed by atoms with E-state index in [0.717, 1.165) is 23.9 Å². The molecule has 0 unspecified atom stereocenters. The third kappa shape index (κ3) is 3.36. The Labute approximate surface area is 168 Å². The highest BCUT2D eigenvalue weighted by Crippen LogP contribution is 2.36. The zero-order valence-corrected chi connectivity index (χ0v) is 16.3. The summed E-state index contributed by atoms with van der Waals surface area (Å²) >= 11 is 5.89. The minimum absolute atomic E-state index is 0.0530. The molecule has 4 rings (SSSR count). The highest BCUT2D eigenvalue weighted by atomic mass is 35.5. The number of benzene rings is 2. The van der Waals surface area contributed by atoms with Crippen LogP contribution in [0.2, 0.25) is 5.02 Å². The van der Waals surface area contributed by atoms with Gasteiger partial charge in [-0.15, -0.1) is 0 Å². The number of unbranched alkanes of at least 4 members (excludes halogenated alkanes) is 1. The second-order valence-electron chi connectivity index (χ2n) is 6.89. The topological polar surface area (TPSA) is 67.2 Å². The zero-order chi connectivity index (χ0) is 19.7. The Morgan fingerprint density at radius 3 is 2.68 bits per heavy atom. The fraction of sp³-hybridized carbons (Fsp3) is 0.286. The van der Waals surface area contributed by atoms with Gasteiger partial charge in [-0.2, -0.15) is 0 Å².